The van der Waals surface area contributed by atoms with Crippen LogP contribution >= 0.6 is 0 Å². The highest BCUT2D eigenvalue weighted by Gasteiger charge is 2.32. The van der Waals surface area contributed by atoms with E-state index in [0.29, 0.717) is 30.8 Å². The minimum atomic E-state index is -4.90. The van der Waals surface area contributed by atoms with Gasteiger partial charge in [0.05, 0.1) is 11.3 Å². The van der Waals surface area contributed by atoms with Crippen LogP contribution < -0.4 is 43.4 Å². The van der Waals surface area contributed by atoms with Crippen molar-refractivity contribution in [3.05, 3.63) is 70.6 Å². The van der Waals surface area contributed by atoms with E-state index in [4.69, 9.17) is 17.2 Å². The summed E-state index contributed by atoms with van der Waals surface area (Å²) in [6.07, 6.45) is -3.97. The molecule has 11 N–H and O–H groups in total. The summed E-state index contributed by atoms with van der Waals surface area (Å²) in [5, 5.41) is 18.2. The number of halogens is 3. The highest BCUT2D eigenvalue weighted by atomic mass is 19.4. The lowest BCUT2D eigenvalue weighted by Crippen LogP contribution is -2.46. The summed E-state index contributed by atoms with van der Waals surface area (Å²) in [6, 6.07) is 12.7. The summed E-state index contributed by atoms with van der Waals surface area (Å²) in [5.41, 5.74) is 18.1. The summed E-state index contributed by atoms with van der Waals surface area (Å²) in [7, 11) is 0. The summed E-state index contributed by atoms with van der Waals surface area (Å²) in [5.74, 6) is -0.623. The molecule has 0 saturated carbocycles. The Morgan fingerprint density at radius 1 is 1.05 bits per heavy atom. The lowest BCUT2D eigenvalue weighted by molar-refractivity contribution is -0.274. The zero-order valence-corrected chi connectivity index (χ0v) is 22.3. The maximum absolute atomic E-state index is 12.7. The van der Waals surface area contributed by atoms with Crippen molar-refractivity contribution in [3.63, 3.8) is 0 Å². The van der Waals surface area contributed by atoms with Crippen molar-refractivity contribution in [2.24, 2.45) is 17.2 Å². The van der Waals surface area contributed by atoms with Gasteiger partial charge in [-0.1, -0.05) is 36.4 Å². The molecule has 0 spiro atoms. The van der Waals surface area contributed by atoms with Crippen molar-refractivity contribution in [2.75, 3.05) is 36.8 Å². The average Bonchev–Trinajstić information content (AvgIpc) is 2.90. The molecule has 1 unspecified atom stereocenters. The summed E-state index contributed by atoms with van der Waals surface area (Å²) in [6.45, 7) is 3.67. The number of alkyl halides is 3. The van der Waals surface area contributed by atoms with Crippen LogP contribution in [0.4, 0.5) is 24.8 Å². The summed E-state index contributed by atoms with van der Waals surface area (Å²) in [4.78, 5) is 21.7. The van der Waals surface area contributed by atoms with Crippen LogP contribution in [0.2, 0.25) is 0 Å². The molecule has 2 aromatic carbocycles. The lowest BCUT2D eigenvalue weighted by Gasteiger charge is -2.22. The molecule has 0 radical (unpaired) electrons. The van der Waals surface area contributed by atoms with Crippen molar-refractivity contribution < 1.29 is 23.0 Å². The van der Waals surface area contributed by atoms with Crippen molar-refractivity contribution in [3.8, 4) is 16.9 Å². The number of aromatic amines is 1. The van der Waals surface area contributed by atoms with E-state index in [2.05, 4.69) is 35.6 Å². The molecule has 0 aliphatic carbocycles. The zero-order valence-electron chi connectivity index (χ0n) is 22.3. The fourth-order valence-corrected chi connectivity index (χ4v) is 3.99. The van der Waals surface area contributed by atoms with Crippen LogP contribution in [0.25, 0.3) is 11.1 Å². The number of aromatic nitrogens is 2. The molecule has 0 bridgehead atoms. The number of nitrogens with one attached hydrogen (secondary N) is 4. The Labute approximate surface area is 235 Å². The fraction of sp³-hybridized carbons (Fsp3) is 0.385. The number of ether oxygens (including phenoxy) is 1. The Bertz CT molecular complexity index is 1270. The second kappa shape index (κ2) is 15.3. The molecule has 224 valence electrons. The van der Waals surface area contributed by atoms with Crippen LogP contribution in [0.1, 0.15) is 18.4 Å². The predicted octanol–water partition coefficient (Wildman–Crippen LogP) is 1.47. The van der Waals surface area contributed by atoms with Crippen LogP contribution in [-0.2, 0) is 6.54 Å². The van der Waals surface area contributed by atoms with Gasteiger partial charge in [-0.15, -0.1) is 13.2 Å². The van der Waals surface area contributed by atoms with E-state index < -0.39 is 30.3 Å². The van der Waals surface area contributed by atoms with Crippen LogP contribution in [0.3, 0.4) is 0 Å². The smallest absolute Gasteiger partial charge is 0.404 e. The number of rotatable bonds is 16. The van der Waals surface area contributed by atoms with Gasteiger partial charge < -0.3 is 37.7 Å². The van der Waals surface area contributed by atoms with Gasteiger partial charge in [-0.2, -0.15) is 0 Å². The molecule has 41 heavy (non-hydrogen) atoms. The van der Waals surface area contributed by atoms with Crippen molar-refractivity contribution in [1.29, 1.82) is 0 Å². The third-order valence-electron chi connectivity index (χ3n) is 5.86. The first kappa shape index (κ1) is 31.8. The molecule has 3 rings (SSSR count). The lowest BCUT2D eigenvalue weighted by atomic mass is 10.1. The number of hydrogen-bond donors (Lipinski definition) is 8. The monoisotopic (exact) mass is 579 g/mol. The molecule has 1 aromatic heterocycles. The van der Waals surface area contributed by atoms with E-state index in [0.717, 1.165) is 37.6 Å². The number of para-hydroxylation sites is 2. The van der Waals surface area contributed by atoms with E-state index in [9.17, 15) is 23.1 Å². The van der Waals surface area contributed by atoms with Crippen LogP contribution in [0, 0.1) is 0 Å². The minimum absolute atomic E-state index is 0.0924. The third kappa shape index (κ3) is 11.0. The van der Waals surface area contributed by atoms with Gasteiger partial charge in [-0.3, -0.25) is 20.0 Å². The Balaban J connectivity index is 1.61. The Morgan fingerprint density at radius 3 is 2.41 bits per heavy atom. The average molecular weight is 580 g/mol. The number of nitrogens with two attached hydrogens (primary N) is 3. The molecule has 15 heteroatoms. The molecule has 0 aliphatic heterocycles. The summed E-state index contributed by atoms with van der Waals surface area (Å²) >= 11 is 0. The topological polar surface area (TPSA) is 193 Å². The molecule has 3 aromatic rings. The van der Waals surface area contributed by atoms with Crippen molar-refractivity contribution in [2.45, 2.75) is 38.4 Å². The van der Waals surface area contributed by atoms with Crippen LogP contribution in [-0.4, -0.2) is 65.2 Å². The fourth-order valence-electron chi connectivity index (χ4n) is 3.99. The second-order valence-corrected chi connectivity index (χ2v) is 9.16. The molecule has 1 atom stereocenters. The molecule has 0 saturated heterocycles. The first-order chi connectivity index (χ1) is 19.5. The SMILES string of the molecule is NCCCN(CCCNC(N)N)Cc1ccc(-c2cnc(NC(O)Nc3ccccc3OC(F)(F)F)[nH]c2=O)cc1. The quantitative estimate of drug-likeness (QED) is 0.0905. The van der Waals surface area contributed by atoms with Gasteiger partial charge >= 0.3 is 6.36 Å². The number of benzene rings is 2. The van der Waals surface area contributed by atoms with E-state index >= 15 is 0 Å². The highest BCUT2D eigenvalue weighted by molar-refractivity contribution is 5.62. The molecule has 0 fully saturated rings. The standard InChI is InChI=1S/C26H36F3N9O3/c27-26(28,29)41-21-6-2-1-5-20(21)35-25(40)37-24-34-15-19(22(39)36-24)18-9-7-17(8-10-18)16-38(13-3-11-30)14-4-12-33-23(31)32/h1-2,5-10,15,23,25,33,35,40H,3-4,11-14,16,30-32H2,(H2,34,36,37,39). The Morgan fingerprint density at radius 2 is 1.76 bits per heavy atom. The zero-order chi connectivity index (χ0) is 29.8. The molecule has 1 heterocycles. The number of H-pyrrole nitrogens is 1. The summed E-state index contributed by atoms with van der Waals surface area (Å²) < 4.78 is 41.9. The maximum Gasteiger partial charge on any atom is 0.573 e. The number of hydrogen-bond acceptors (Lipinski definition) is 11. The number of aliphatic hydroxyl groups is 1. The van der Waals surface area contributed by atoms with E-state index in [-0.39, 0.29) is 11.6 Å². The van der Waals surface area contributed by atoms with Gasteiger partial charge in [0.2, 0.25) is 12.3 Å². The normalized spacial score (nSPS) is 12.5. The van der Waals surface area contributed by atoms with Gasteiger partial charge in [-0.05, 0) is 62.3 Å². The second-order valence-electron chi connectivity index (χ2n) is 9.16. The number of anilines is 2. The van der Waals surface area contributed by atoms with Gasteiger partial charge in [0.1, 0.15) is 6.29 Å². The molecule has 0 aliphatic rings. The first-order valence-electron chi connectivity index (χ1n) is 13.0. The minimum Gasteiger partial charge on any atom is -0.404 e. The molecule has 0 amide bonds. The van der Waals surface area contributed by atoms with Gasteiger partial charge in [0, 0.05) is 12.7 Å². The van der Waals surface area contributed by atoms with Gasteiger partial charge in [0.25, 0.3) is 5.56 Å². The largest absolute Gasteiger partial charge is 0.573 e. The Hall–Kier alpha value is -3.73. The van der Waals surface area contributed by atoms with Gasteiger partial charge in [0.15, 0.2) is 5.75 Å². The molecular formula is C26H36F3N9O3. The Kier molecular flexibility index (Phi) is 11.9. The van der Waals surface area contributed by atoms with E-state index in [1.54, 1.807) is 0 Å². The number of aliphatic hydroxyl groups excluding tert-OH is 1. The number of nitrogens with zero attached hydrogens (tertiary/aromatic N) is 2. The van der Waals surface area contributed by atoms with Crippen LogP contribution in [0.15, 0.2) is 59.5 Å². The van der Waals surface area contributed by atoms with Gasteiger partial charge in [-0.25, -0.2) is 4.98 Å². The first-order valence-corrected chi connectivity index (χ1v) is 13.0. The third-order valence-corrected chi connectivity index (χ3v) is 5.86. The molecule has 12 nitrogen and oxygen atoms in total. The highest BCUT2D eigenvalue weighted by Crippen LogP contribution is 2.30. The van der Waals surface area contributed by atoms with E-state index in [1.165, 1.54) is 24.4 Å². The van der Waals surface area contributed by atoms with Crippen molar-refractivity contribution in [1.82, 2.24) is 20.2 Å². The van der Waals surface area contributed by atoms with Crippen LogP contribution in [0.5, 0.6) is 5.75 Å². The molecular weight excluding hydrogens is 543 g/mol. The predicted molar refractivity (Wildman–Crippen MR) is 150 cm³/mol. The van der Waals surface area contributed by atoms with Crippen molar-refractivity contribution >= 4 is 11.6 Å². The maximum atomic E-state index is 12.7. The van der Waals surface area contributed by atoms with E-state index in [1.807, 2.05) is 24.3 Å².